The molecule has 4 N–H and O–H groups in total. The van der Waals surface area contributed by atoms with Gasteiger partial charge in [0.05, 0.1) is 29.4 Å². The van der Waals surface area contributed by atoms with Crippen LogP contribution in [0.25, 0.3) is 0 Å². The highest BCUT2D eigenvalue weighted by Crippen LogP contribution is 2.50. The fourth-order valence-electron chi connectivity index (χ4n) is 4.36. The molecule has 2 aromatic carbocycles. The van der Waals surface area contributed by atoms with Gasteiger partial charge in [-0.15, -0.1) is 0 Å². The van der Waals surface area contributed by atoms with Crippen molar-refractivity contribution in [1.29, 1.82) is 0 Å². The van der Waals surface area contributed by atoms with Gasteiger partial charge >= 0.3 is 5.97 Å². The Morgan fingerprint density at radius 1 is 1.10 bits per heavy atom. The van der Waals surface area contributed by atoms with Crippen LogP contribution in [0.3, 0.4) is 0 Å². The Labute approximate surface area is 171 Å². The second-order valence-electron chi connectivity index (χ2n) is 7.75. The molecule has 0 radical (unpaired) electrons. The molecular formula is C22H20O8. The van der Waals surface area contributed by atoms with Crippen LogP contribution in [0.4, 0.5) is 0 Å². The number of aliphatic hydroxyl groups excluding tert-OH is 1. The Kier molecular flexibility index (Phi) is 4.63. The summed E-state index contributed by atoms with van der Waals surface area (Å²) in [6.07, 6.45) is -1.81. The van der Waals surface area contributed by atoms with Crippen LogP contribution >= 0.6 is 0 Å². The van der Waals surface area contributed by atoms with Crippen molar-refractivity contribution in [3.8, 4) is 11.5 Å². The number of hydrogen-bond acceptors (Lipinski definition) is 8. The van der Waals surface area contributed by atoms with Crippen LogP contribution < -0.4 is 0 Å². The maximum atomic E-state index is 13.0. The zero-order valence-electron chi connectivity index (χ0n) is 16.1. The summed E-state index contributed by atoms with van der Waals surface area (Å²) in [5.41, 5.74) is -2.11. The first-order valence-corrected chi connectivity index (χ1v) is 9.47. The molecule has 0 saturated heterocycles. The van der Waals surface area contributed by atoms with Crippen molar-refractivity contribution in [2.45, 2.75) is 37.9 Å². The summed E-state index contributed by atoms with van der Waals surface area (Å²) < 4.78 is 4.86. The topological polar surface area (TPSA) is 141 Å². The number of hydrogen-bond donors (Lipinski definition) is 4. The molecule has 2 aromatic rings. The number of ether oxygens (including phenoxy) is 1. The summed E-state index contributed by atoms with van der Waals surface area (Å²) in [5, 5.41) is 43.2. The molecule has 0 aliphatic heterocycles. The van der Waals surface area contributed by atoms with Crippen LogP contribution in [0, 0.1) is 0 Å². The van der Waals surface area contributed by atoms with E-state index in [9.17, 15) is 34.8 Å². The molecule has 8 heteroatoms. The highest BCUT2D eigenvalue weighted by molar-refractivity contribution is 6.30. The van der Waals surface area contributed by atoms with E-state index in [2.05, 4.69) is 0 Å². The Morgan fingerprint density at radius 2 is 1.67 bits per heavy atom. The fourth-order valence-corrected chi connectivity index (χ4v) is 4.36. The molecule has 0 spiro atoms. The van der Waals surface area contributed by atoms with Gasteiger partial charge in [0.15, 0.2) is 11.6 Å². The molecule has 0 amide bonds. The largest absolute Gasteiger partial charge is 0.507 e. The second-order valence-corrected chi connectivity index (χ2v) is 7.75. The highest BCUT2D eigenvalue weighted by Gasteiger charge is 2.44. The quantitative estimate of drug-likeness (QED) is 0.375. The van der Waals surface area contributed by atoms with Crippen molar-refractivity contribution >= 4 is 17.5 Å². The highest BCUT2D eigenvalue weighted by atomic mass is 16.5. The number of aromatic hydroxyl groups is 2. The normalized spacial score (nSPS) is 22.2. The molecule has 0 aromatic heterocycles. The lowest BCUT2D eigenvalue weighted by Crippen LogP contribution is -2.39. The second kappa shape index (κ2) is 6.93. The van der Waals surface area contributed by atoms with Crippen LogP contribution in [0.1, 0.15) is 68.8 Å². The molecule has 0 heterocycles. The Balaban J connectivity index is 1.84. The lowest BCUT2D eigenvalue weighted by molar-refractivity contribution is -0.143. The number of benzene rings is 2. The average molecular weight is 412 g/mol. The first kappa shape index (κ1) is 20.1. The van der Waals surface area contributed by atoms with Crippen molar-refractivity contribution in [1.82, 2.24) is 0 Å². The Bertz CT molecular complexity index is 1100. The molecule has 0 bridgehead atoms. The van der Waals surface area contributed by atoms with E-state index in [1.54, 1.807) is 12.1 Å². The first-order chi connectivity index (χ1) is 14.1. The molecule has 30 heavy (non-hydrogen) atoms. The van der Waals surface area contributed by atoms with Gasteiger partial charge in [-0.05, 0) is 0 Å². The molecule has 4 rings (SSSR count). The fraction of sp³-hybridized carbons (Fsp3) is 0.318. The van der Waals surface area contributed by atoms with Gasteiger partial charge in [0.2, 0.25) is 0 Å². The minimum absolute atomic E-state index is 0.00384. The van der Waals surface area contributed by atoms with E-state index in [4.69, 9.17) is 4.74 Å². The van der Waals surface area contributed by atoms with Gasteiger partial charge in [0.25, 0.3) is 0 Å². The van der Waals surface area contributed by atoms with Crippen LogP contribution in [0.2, 0.25) is 0 Å². The van der Waals surface area contributed by atoms with E-state index in [1.807, 2.05) is 0 Å². The zero-order chi connectivity index (χ0) is 21.8. The number of carbonyl (C=O) groups is 3. The summed E-state index contributed by atoms with van der Waals surface area (Å²) in [5.74, 6) is -2.89. The van der Waals surface area contributed by atoms with Gasteiger partial charge in [-0.25, -0.2) is 0 Å². The summed E-state index contributed by atoms with van der Waals surface area (Å²) in [7, 11) is 0. The summed E-state index contributed by atoms with van der Waals surface area (Å²) in [4.78, 5) is 36.9. The third-order valence-electron chi connectivity index (χ3n) is 5.75. The maximum absolute atomic E-state index is 13.0. The summed E-state index contributed by atoms with van der Waals surface area (Å²) in [6, 6.07) is 6.08. The number of carbonyl (C=O) groups excluding carboxylic acids is 3. The predicted molar refractivity (Wildman–Crippen MR) is 103 cm³/mol. The van der Waals surface area contributed by atoms with Gasteiger partial charge in [0, 0.05) is 48.4 Å². The van der Waals surface area contributed by atoms with Crippen LogP contribution in [0.5, 0.6) is 11.5 Å². The molecular weight excluding hydrogens is 392 g/mol. The van der Waals surface area contributed by atoms with Crippen LogP contribution in [-0.4, -0.2) is 50.2 Å². The van der Waals surface area contributed by atoms with E-state index in [-0.39, 0.29) is 59.3 Å². The molecule has 2 aliphatic rings. The van der Waals surface area contributed by atoms with Gasteiger partial charge in [-0.2, -0.15) is 0 Å². The molecule has 156 valence electrons. The molecule has 2 atom stereocenters. The summed E-state index contributed by atoms with van der Waals surface area (Å²) in [6.45, 7) is 1.13. The SMILES string of the molecule is CC(=O)OCCC1(O)Cc2c(O)c3c(c(O)c2[C@@H](O)C1)C(=O)c1ccccc1C3=O. The maximum Gasteiger partial charge on any atom is 0.302 e. The molecule has 8 nitrogen and oxygen atoms in total. The molecule has 2 aliphatic carbocycles. The number of aliphatic hydroxyl groups is 2. The average Bonchev–Trinajstić information content (AvgIpc) is 2.68. The number of fused-ring (bicyclic) bond motifs is 3. The monoisotopic (exact) mass is 412 g/mol. The van der Waals surface area contributed by atoms with Gasteiger partial charge in [-0.3, -0.25) is 14.4 Å². The summed E-state index contributed by atoms with van der Waals surface area (Å²) >= 11 is 0. The number of phenolic OH excluding ortho intramolecular Hbond substituents is 2. The van der Waals surface area contributed by atoms with Gasteiger partial charge in [-0.1, -0.05) is 24.3 Å². The van der Waals surface area contributed by atoms with E-state index in [1.165, 1.54) is 19.1 Å². The molecule has 0 fully saturated rings. The third-order valence-corrected chi connectivity index (χ3v) is 5.75. The number of esters is 1. The molecule has 1 unspecified atom stereocenters. The number of rotatable bonds is 3. The lowest BCUT2D eigenvalue weighted by atomic mass is 9.72. The van der Waals surface area contributed by atoms with Crippen LogP contribution in [0.15, 0.2) is 24.3 Å². The van der Waals surface area contributed by atoms with Gasteiger partial charge < -0.3 is 25.2 Å². The van der Waals surface area contributed by atoms with E-state index < -0.39 is 40.7 Å². The Hall–Kier alpha value is -3.23. The smallest absolute Gasteiger partial charge is 0.302 e. The van der Waals surface area contributed by atoms with Crippen molar-refractivity contribution in [2.24, 2.45) is 0 Å². The third kappa shape index (κ3) is 2.96. The zero-order valence-corrected chi connectivity index (χ0v) is 16.1. The van der Waals surface area contributed by atoms with Crippen LogP contribution in [-0.2, 0) is 16.0 Å². The van der Waals surface area contributed by atoms with Crippen molar-refractivity contribution < 1.29 is 39.5 Å². The molecule has 0 saturated carbocycles. The predicted octanol–water partition coefficient (Wildman–Crippen LogP) is 1.54. The van der Waals surface area contributed by atoms with Crippen molar-refractivity contribution in [3.05, 3.63) is 57.6 Å². The lowest BCUT2D eigenvalue weighted by Gasteiger charge is -2.38. The minimum Gasteiger partial charge on any atom is -0.507 e. The van der Waals surface area contributed by atoms with E-state index >= 15 is 0 Å². The van der Waals surface area contributed by atoms with Gasteiger partial charge in [0.1, 0.15) is 11.5 Å². The first-order valence-electron chi connectivity index (χ1n) is 9.47. The van der Waals surface area contributed by atoms with E-state index in [0.717, 1.165) is 0 Å². The van der Waals surface area contributed by atoms with E-state index in [0.29, 0.717) is 0 Å². The number of ketones is 2. The van der Waals surface area contributed by atoms with Crippen molar-refractivity contribution in [3.63, 3.8) is 0 Å². The Morgan fingerprint density at radius 3 is 2.23 bits per heavy atom. The van der Waals surface area contributed by atoms with Crippen molar-refractivity contribution in [2.75, 3.05) is 6.61 Å². The minimum atomic E-state index is -1.54. The standard InChI is InChI=1S/C22H20O8/c1-10(23)30-7-6-22(29)8-13-15(14(24)9-22)21(28)17-16(20(13)27)18(25)11-4-2-3-5-12(11)19(17)26/h2-5,14,24,27-29H,6-9H2,1H3/t14-,22?/m0/s1. The number of phenols is 2.